The summed E-state index contributed by atoms with van der Waals surface area (Å²) in [5.74, 6) is 0.901. The largest absolute Gasteiger partial charge is 0.379 e. The van der Waals surface area contributed by atoms with Crippen molar-refractivity contribution in [3.63, 3.8) is 0 Å². The van der Waals surface area contributed by atoms with E-state index in [4.69, 9.17) is 4.74 Å². The fraction of sp³-hybridized carbons (Fsp3) is 0.947. The lowest BCUT2D eigenvalue weighted by Crippen LogP contribution is -2.57. The second kappa shape index (κ2) is 9.74. The van der Waals surface area contributed by atoms with E-state index in [1.807, 2.05) is 7.05 Å². The predicted molar refractivity (Wildman–Crippen MR) is 105 cm³/mol. The first-order valence-electron chi connectivity index (χ1n) is 9.97. The summed E-state index contributed by atoms with van der Waals surface area (Å²) in [5.41, 5.74) is 0.0917. The van der Waals surface area contributed by atoms with Gasteiger partial charge >= 0.3 is 0 Å². The van der Waals surface area contributed by atoms with Crippen molar-refractivity contribution < 1.29 is 4.74 Å². The van der Waals surface area contributed by atoms with Crippen molar-refractivity contribution in [3.05, 3.63) is 0 Å². The Bertz CT molecular complexity index is 420. The SMILES string of the molecule is CN=C(NCC(C)N1CCCCC1C)NCC(C)(C)N1CCOCC1. The van der Waals surface area contributed by atoms with Crippen LogP contribution in [0.2, 0.25) is 0 Å². The molecule has 2 aliphatic heterocycles. The molecule has 0 aromatic heterocycles. The maximum atomic E-state index is 5.47. The van der Waals surface area contributed by atoms with Crippen molar-refractivity contribution in [1.82, 2.24) is 20.4 Å². The summed E-state index contributed by atoms with van der Waals surface area (Å²) < 4.78 is 5.47. The van der Waals surface area contributed by atoms with E-state index in [0.717, 1.165) is 45.4 Å². The van der Waals surface area contributed by atoms with E-state index in [0.29, 0.717) is 12.1 Å². The van der Waals surface area contributed by atoms with Crippen LogP contribution >= 0.6 is 0 Å². The van der Waals surface area contributed by atoms with Gasteiger partial charge in [0.25, 0.3) is 0 Å². The Kier molecular flexibility index (Phi) is 7.97. The highest BCUT2D eigenvalue weighted by atomic mass is 16.5. The number of hydrogen-bond acceptors (Lipinski definition) is 4. The first-order valence-corrected chi connectivity index (χ1v) is 9.97. The molecule has 2 atom stereocenters. The predicted octanol–water partition coefficient (Wildman–Crippen LogP) is 1.53. The molecule has 2 N–H and O–H groups in total. The standard InChI is InChI=1S/C19H39N5O/c1-16-8-6-7-9-24(16)17(2)14-21-18(20-5)22-15-19(3,4)23-10-12-25-13-11-23/h16-17H,6-15H2,1-5H3,(H2,20,21,22). The van der Waals surface area contributed by atoms with Crippen LogP contribution in [0.3, 0.4) is 0 Å². The zero-order chi connectivity index (χ0) is 18.3. The molecule has 6 nitrogen and oxygen atoms in total. The Morgan fingerprint density at radius 3 is 2.56 bits per heavy atom. The van der Waals surface area contributed by atoms with Crippen molar-refractivity contribution in [2.75, 3.05) is 53.0 Å². The summed E-state index contributed by atoms with van der Waals surface area (Å²) in [6.45, 7) is 16.0. The first kappa shape index (κ1) is 20.5. The maximum Gasteiger partial charge on any atom is 0.191 e. The maximum absolute atomic E-state index is 5.47. The fourth-order valence-corrected chi connectivity index (χ4v) is 3.94. The minimum absolute atomic E-state index is 0.0917. The highest BCUT2D eigenvalue weighted by molar-refractivity contribution is 5.79. The Morgan fingerprint density at radius 2 is 1.92 bits per heavy atom. The van der Waals surface area contributed by atoms with E-state index >= 15 is 0 Å². The second-order valence-electron chi connectivity index (χ2n) is 8.15. The lowest BCUT2D eigenvalue weighted by molar-refractivity contribution is -0.00834. The molecule has 0 bridgehead atoms. The molecule has 0 aliphatic carbocycles. The summed E-state index contributed by atoms with van der Waals surface area (Å²) in [6.07, 6.45) is 4.03. The van der Waals surface area contributed by atoms with Gasteiger partial charge in [-0.1, -0.05) is 6.42 Å². The summed E-state index contributed by atoms with van der Waals surface area (Å²) in [5, 5.41) is 7.03. The van der Waals surface area contributed by atoms with E-state index in [-0.39, 0.29) is 5.54 Å². The zero-order valence-electron chi connectivity index (χ0n) is 17.0. The van der Waals surface area contributed by atoms with Crippen LogP contribution in [-0.4, -0.2) is 86.4 Å². The van der Waals surface area contributed by atoms with Gasteiger partial charge in [0.05, 0.1) is 13.2 Å². The molecule has 2 heterocycles. The van der Waals surface area contributed by atoms with Crippen molar-refractivity contribution in [1.29, 1.82) is 0 Å². The van der Waals surface area contributed by atoms with Crippen molar-refractivity contribution in [2.45, 2.75) is 64.6 Å². The van der Waals surface area contributed by atoms with Gasteiger partial charge < -0.3 is 15.4 Å². The van der Waals surface area contributed by atoms with Crippen molar-refractivity contribution in [3.8, 4) is 0 Å². The van der Waals surface area contributed by atoms with E-state index in [1.165, 1.54) is 25.8 Å². The molecule has 146 valence electrons. The Morgan fingerprint density at radius 1 is 1.20 bits per heavy atom. The smallest absolute Gasteiger partial charge is 0.191 e. The summed E-state index contributed by atoms with van der Waals surface area (Å²) >= 11 is 0. The second-order valence-corrected chi connectivity index (χ2v) is 8.15. The molecule has 0 spiro atoms. The normalized spacial score (nSPS) is 25.6. The molecular formula is C19H39N5O. The molecule has 2 saturated heterocycles. The zero-order valence-corrected chi connectivity index (χ0v) is 17.0. The summed E-state index contributed by atoms with van der Waals surface area (Å²) in [4.78, 5) is 9.53. The molecule has 0 aromatic carbocycles. The third-order valence-electron chi connectivity index (χ3n) is 5.76. The highest BCUT2D eigenvalue weighted by Gasteiger charge is 2.28. The number of nitrogens with one attached hydrogen (secondary N) is 2. The van der Waals surface area contributed by atoms with Gasteiger partial charge in [-0.3, -0.25) is 14.8 Å². The third-order valence-corrected chi connectivity index (χ3v) is 5.76. The fourth-order valence-electron chi connectivity index (χ4n) is 3.94. The van der Waals surface area contributed by atoms with Gasteiger partial charge in [-0.15, -0.1) is 0 Å². The number of ether oxygens (including phenoxy) is 1. The topological polar surface area (TPSA) is 52.1 Å². The van der Waals surface area contributed by atoms with E-state index in [9.17, 15) is 0 Å². The highest BCUT2D eigenvalue weighted by Crippen LogP contribution is 2.18. The van der Waals surface area contributed by atoms with E-state index in [1.54, 1.807) is 0 Å². The molecule has 0 saturated carbocycles. The monoisotopic (exact) mass is 353 g/mol. The number of rotatable bonds is 6. The van der Waals surface area contributed by atoms with Gasteiger partial charge in [-0.25, -0.2) is 0 Å². The molecule has 2 fully saturated rings. The van der Waals surface area contributed by atoms with Crippen LogP contribution in [0, 0.1) is 0 Å². The number of aliphatic imine (C=N–C) groups is 1. The van der Waals surface area contributed by atoms with Crippen LogP contribution < -0.4 is 10.6 Å². The quantitative estimate of drug-likeness (QED) is 0.560. The Hall–Kier alpha value is -0.850. The Labute approximate surface area is 154 Å². The van der Waals surface area contributed by atoms with Crippen LogP contribution in [0.1, 0.15) is 47.0 Å². The molecule has 2 unspecified atom stereocenters. The molecule has 0 aromatic rings. The van der Waals surface area contributed by atoms with Gasteiger partial charge in [0, 0.05) is 50.8 Å². The molecule has 2 rings (SSSR count). The van der Waals surface area contributed by atoms with Crippen molar-refractivity contribution >= 4 is 5.96 Å². The molecule has 0 amide bonds. The van der Waals surface area contributed by atoms with Gasteiger partial charge in [0.2, 0.25) is 0 Å². The molecule has 2 aliphatic rings. The number of likely N-dealkylation sites (tertiary alicyclic amines) is 1. The molecule has 0 radical (unpaired) electrons. The minimum Gasteiger partial charge on any atom is -0.379 e. The Balaban J connectivity index is 1.76. The molecule has 25 heavy (non-hydrogen) atoms. The van der Waals surface area contributed by atoms with Crippen molar-refractivity contribution in [2.24, 2.45) is 4.99 Å². The van der Waals surface area contributed by atoms with Crippen LogP contribution in [0.4, 0.5) is 0 Å². The summed E-state index contributed by atoms with van der Waals surface area (Å²) in [7, 11) is 1.85. The van der Waals surface area contributed by atoms with Crippen LogP contribution in [0.25, 0.3) is 0 Å². The van der Waals surface area contributed by atoms with Gasteiger partial charge in [0.15, 0.2) is 5.96 Å². The number of nitrogens with zero attached hydrogens (tertiary/aromatic N) is 3. The van der Waals surface area contributed by atoms with E-state index in [2.05, 4.69) is 53.1 Å². The van der Waals surface area contributed by atoms with Crippen LogP contribution in [-0.2, 0) is 4.74 Å². The average Bonchev–Trinajstić information content (AvgIpc) is 2.62. The van der Waals surface area contributed by atoms with Gasteiger partial charge in [-0.05, 0) is 47.1 Å². The third kappa shape index (κ3) is 6.12. The number of morpholine rings is 1. The number of piperidine rings is 1. The minimum atomic E-state index is 0.0917. The lowest BCUT2D eigenvalue weighted by atomic mass is 10.0. The van der Waals surface area contributed by atoms with Crippen LogP contribution in [0.5, 0.6) is 0 Å². The lowest BCUT2D eigenvalue weighted by Gasteiger charge is -2.41. The van der Waals surface area contributed by atoms with E-state index < -0.39 is 0 Å². The van der Waals surface area contributed by atoms with Gasteiger partial charge in [-0.2, -0.15) is 0 Å². The van der Waals surface area contributed by atoms with Gasteiger partial charge in [0.1, 0.15) is 0 Å². The molecule has 6 heteroatoms. The summed E-state index contributed by atoms with van der Waals surface area (Å²) in [6, 6.07) is 1.22. The number of hydrogen-bond donors (Lipinski definition) is 2. The number of guanidine groups is 1. The molecular weight excluding hydrogens is 314 g/mol. The van der Waals surface area contributed by atoms with Crippen LogP contribution in [0.15, 0.2) is 4.99 Å². The average molecular weight is 354 g/mol. The first-order chi connectivity index (χ1) is 11.9.